The van der Waals surface area contributed by atoms with Crippen molar-refractivity contribution in [1.82, 2.24) is 4.98 Å². The summed E-state index contributed by atoms with van der Waals surface area (Å²) in [5.41, 5.74) is 4.62. The highest BCUT2D eigenvalue weighted by atomic mass is 32.1. The third kappa shape index (κ3) is 3.57. The van der Waals surface area contributed by atoms with Gasteiger partial charge >= 0.3 is 0 Å². The second kappa shape index (κ2) is 7.18. The van der Waals surface area contributed by atoms with Gasteiger partial charge in [-0.25, -0.2) is 13.8 Å². The molecule has 0 amide bonds. The van der Waals surface area contributed by atoms with Crippen LogP contribution >= 0.6 is 11.3 Å². The quantitative estimate of drug-likeness (QED) is 0.545. The first-order valence-corrected chi connectivity index (χ1v) is 7.88. The summed E-state index contributed by atoms with van der Waals surface area (Å²) in [7, 11) is 1.34. The van der Waals surface area contributed by atoms with Crippen molar-refractivity contribution in [2.45, 2.75) is 0 Å². The van der Waals surface area contributed by atoms with Gasteiger partial charge in [0.05, 0.1) is 24.6 Å². The molecule has 7 heteroatoms. The molecule has 122 valence electrons. The lowest BCUT2D eigenvalue weighted by molar-refractivity contribution is 0.406. The van der Waals surface area contributed by atoms with E-state index in [4.69, 9.17) is 4.74 Å². The smallest absolute Gasteiger partial charge is 0.203 e. The third-order valence-electron chi connectivity index (χ3n) is 3.20. The highest BCUT2D eigenvalue weighted by Gasteiger charge is 2.10. The van der Waals surface area contributed by atoms with E-state index in [9.17, 15) is 8.78 Å². The van der Waals surface area contributed by atoms with Crippen molar-refractivity contribution in [3.63, 3.8) is 0 Å². The average molecular weight is 345 g/mol. The highest BCUT2D eigenvalue weighted by molar-refractivity contribution is 7.14. The van der Waals surface area contributed by atoms with Gasteiger partial charge in [-0.2, -0.15) is 5.10 Å². The minimum absolute atomic E-state index is 0.0613. The maximum absolute atomic E-state index is 13.8. The molecule has 0 saturated heterocycles. The molecule has 0 unspecified atom stereocenters. The summed E-state index contributed by atoms with van der Waals surface area (Å²) >= 11 is 1.38. The molecule has 2 aromatic carbocycles. The van der Waals surface area contributed by atoms with E-state index in [1.807, 2.05) is 35.7 Å². The number of nitrogens with one attached hydrogen (secondary N) is 1. The number of hydrogen-bond acceptors (Lipinski definition) is 5. The second-order valence-electron chi connectivity index (χ2n) is 4.78. The Bertz CT molecular complexity index is 866. The largest absolute Gasteiger partial charge is 0.496 e. The van der Waals surface area contributed by atoms with Crippen molar-refractivity contribution in [3.8, 4) is 17.0 Å². The summed E-state index contributed by atoms with van der Waals surface area (Å²) in [4.78, 5) is 4.40. The Morgan fingerprint density at radius 1 is 1.21 bits per heavy atom. The van der Waals surface area contributed by atoms with Crippen LogP contribution < -0.4 is 10.2 Å². The van der Waals surface area contributed by atoms with Gasteiger partial charge in [0.15, 0.2) is 0 Å². The summed E-state index contributed by atoms with van der Waals surface area (Å²) in [6.07, 6.45) is 1.23. The van der Waals surface area contributed by atoms with Crippen LogP contribution in [0.15, 0.2) is 52.9 Å². The molecule has 3 rings (SSSR count). The van der Waals surface area contributed by atoms with Crippen LogP contribution in [0.3, 0.4) is 0 Å². The first-order chi connectivity index (χ1) is 11.7. The zero-order valence-electron chi connectivity index (χ0n) is 12.7. The van der Waals surface area contributed by atoms with Crippen LogP contribution in [0.1, 0.15) is 5.56 Å². The van der Waals surface area contributed by atoms with Gasteiger partial charge in [-0.15, -0.1) is 11.3 Å². The van der Waals surface area contributed by atoms with Gasteiger partial charge in [0.25, 0.3) is 0 Å². The Hall–Kier alpha value is -2.80. The van der Waals surface area contributed by atoms with E-state index in [0.29, 0.717) is 5.13 Å². The summed E-state index contributed by atoms with van der Waals surface area (Å²) < 4.78 is 31.9. The molecule has 1 heterocycles. The Kier molecular flexibility index (Phi) is 4.81. The predicted molar refractivity (Wildman–Crippen MR) is 91.7 cm³/mol. The second-order valence-corrected chi connectivity index (χ2v) is 5.64. The van der Waals surface area contributed by atoms with Crippen molar-refractivity contribution >= 4 is 22.7 Å². The van der Waals surface area contributed by atoms with Crippen LogP contribution in [-0.2, 0) is 0 Å². The van der Waals surface area contributed by atoms with Gasteiger partial charge in [0.1, 0.15) is 17.4 Å². The molecule has 3 aromatic rings. The number of ether oxygens (including phenoxy) is 1. The molecular formula is C17H13F2N3OS. The molecule has 0 aliphatic rings. The fourth-order valence-electron chi connectivity index (χ4n) is 2.07. The van der Waals surface area contributed by atoms with Crippen molar-refractivity contribution < 1.29 is 13.5 Å². The molecule has 0 atom stereocenters. The van der Waals surface area contributed by atoms with Crippen LogP contribution in [0.25, 0.3) is 11.3 Å². The number of hydrazone groups is 1. The third-order valence-corrected chi connectivity index (χ3v) is 3.95. The lowest BCUT2D eigenvalue weighted by Crippen LogP contribution is -1.98. The number of methoxy groups -OCH3 is 1. The molecule has 0 aliphatic carbocycles. The van der Waals surface area contributed by atoms with Gasteiger partial charge in [0, 0.05) is 23.1 Å². The van der Waals surface area contributed by atoms with Gasteiger partial charge in [0.2, 0.25) is 5.13 Å². The van der Waals surface area contributed by atoms with Crippen LogP contribution in [0.2, 0.25) is 0 Å². The molecule has 0 bridgehead atoms. The van der Waals surface area contributed by atoms with Gasteiger partial charge < -0.3 is 4.74 Å². The van der Waals surface area contributed by atoms with Crippen molar-refractivity contribution in [3.05, 3.63) is 65.0 Å². The molecule has 24 heavy (non-hydrogen) atoms. The minimum Gasteiger partial charge on any atom is -0.496 e. The Morgan fingerprint density at radius 3 is 2.75 bits per heavy atom. The zero-order valence-corrected chi connectivity index (χ0v) is 13.5. The molecule has 0 fully saturated rings. The summed E-state index contributed by atoms with van der Waals surface area (Å²) in [6, 6.07) is 11.6. The zero-order chi connectivity index (χ0) is 16.9. The number of aromatic nitrogens is 1. The van der Waals surface area contributed by atoms with Crippen LogP contribution in [0.5, 0.6) is 5.75 Å². The summed E-state index contributed by atoms with van der Waals surface area (Å²) in [5, 5.41) is 6.41. The lowest BCUT2D eigenvalue weighted by atomic mass is 10.2. The van der Waals surface area contributed by atoms with E-state index in [0.717, 1.165) is 23.4 Å². The van der Waals surface area contributed by atoms with Crippen LogP contribution in [0, 0.1) is 11.6 Å². The predicted octanol–water partition coefficient (Wildman–Crippen LogP) is 4.54. The number of benzene rings is 2. The van der Waals surface area contributed by atoms with Crippen LogP contribution in [-0.4, -0.2) is 18.3 Å². The molecule has 0 aliphatic heterocycles. The standard InChI is InChI=1S/C17H13F2N3OS/c1-23-16-8-12(18)7-14(19)13(16)9-20-22-17-21-15(10-24-17)11-5-3-2-4-6-11/h2-10H,1H3,(H,21,22). The number of nitrogens with zero attached hydrogens (tertiary/aromatic N) is 2. The fraction of sp³-hybridized carbons (Fsp3) is 0.0588. The molecule has 4 nitrogen and oxygen atoms in total. The SMILES string of the molecule is COc1cc(F)cc(F)c1C=NNc1nc(-c2ccccc2)cs1. The lowest BCUT2D eigenvalue weighted by Gasteiger charge is -2.05. The fourth-order valence-corrected chi connectivity index (χ4v) is 2.74. The summed E-state index contributed by atoms with van der Waals surface area (Å²) in [5.74, 6) is -1.38. The molecule has 0 spiro atoms. The van der Waals surface area contributed by atoms with E-state index in [-0.39, 0.29) is 11.3 Å². The number of hydrogen-bond donors (Lipinski definition) is 1. The monoisotopic (exact) mass is 345 g/mol. The topological polar surface area (TPSA) is 46.5 Å². The Morgan fingerprint density at radius 2 is 2.00 bits per heavy atom. The first kappa shape index (κ1) is 16.1. The Balaban J connectivity index is 1.75. The van der Waals surface area contributed by atoms with E-state index in [2.05, 4.69) is 15.5 Å². The molecule has 0 saturated carbocycles. The molecular weight excluding hydrogens is 332 g/mol. The van der Waals surface area contributed by atoms with Crippen LogP contribution in [0.4, 0.5) is 13.9 Å². The molecule has 0 radical (unpaired) electrons. The molecule has 1 N–H and O–H groups in total. The summed E-state index contributed by atoms with van der Waals surface area (Å²) in [6.45, 7) is 0. The maximum Gasteiger partial charge on any atom is 0.203 e. The number of anilines is 1. The minimum atomic E-state index is -0.749. The molecule has 1 aromatic heterocycles. The van der Waals surface area contributed by atoms with Gasteiger partial charge in [-0.05, 0) is 0 Å². The van der Waals surface area contributed by atoms with Gasteiger partial charge in [-0.3, -0.25) is 5.43 Å². The van der Waals surface area contributed by atoms with E-state index in [1.54, 1.807) is 0 Å². The van der Waals surface area contributed by atoms with E-state index < -0.39 is 11.6 Å². The van der Waals surface area contributed by atoms with Gasteiger partial charge in [-0.1, -0.05) is 30.3 Å². The number of halogens is 2. The van der Waals surface area contributed by atoms with Crippen molar-refractivity contribution in [2.75, 3.05) is 12.5 Å². The average Bonchev–Trinajstić information content (AvgIpc) is 3.06. The van der Waals surface area contributed by atoms with Crippen molar-refractivity contribution in [1.29, 1.82) is 0 Å². The number of rotatable bonds is 5. The first-order valence-electron chi connectivity index (χ1n) is 7.00. The Labute approximate surface area is 141 Å². The maximum atomic E-state index is 13.8. The number of thiazole rings is 1. The normalized spacial score (nSPS) is 11.0. The van der Waals surface area contributed by atoms with Crippen molar-refractivity contribution in [2.24, 2.45) is 5.10 Å². The highest BCUT2D eigenvalue weighted by Crippen LogP contribution is 2.25. The van der Waals surface area contributed by atoms with E-state index in [1.165, 1.54) is 24.7 Å². The van der Waals surface area contributed by atoms with E-state index >= 15 is 0 Å².